The van der Waals surface area contributed by atoms with Gasteiger partial charge in [-0.15, -0.1) is 0 Å². The monoisotopic (exact) mass is 298 g/mol. The summed E-state index contributed by atoms with van der Waals surface area (Å²) in [5, 5.41) is 3.25. The van der Waals surface area contributed by atoms with E-state index in [1.165, 1.54) is 12.1 Å². The Hall–Kier alpha value is -1.69. The van der Waals surface area contributed by atoms with E-state index in [0.29, 0.717) is 12.2 Å². The molecule has 1 amide bonds. The third kappa shape index (κ3) is 4.14. The van der Waals surface area contributed by atoms with Crippen molar-refractivity contribution in [3.05, 3.63) is 24.3 Å². The number of rotatable bonds is 5. The zero-order chi connectivity index (χ0) is 15.4. The minimum Gasteiger partial charge on any atom is -0.435 e. The van der Waals surface area contributed by atoms with Gasteiger partial charge >= 0.3 is 6.61 Å². The van der Waals surface area contributed by atoms with Gasteiger partial charge in [-0.3, -0.25) is 4.79 Å². The lowest BCUT2D eigenvalue weighted by molar-refractivity contribution is -0.121. The lowest BCUT2D eigenvalue weighted by atomic mass is 10.0. The normalized spacial score (nSPS) is 19.4. The largest absolute Gasteiger partial charge is 0.435 e. The van der Waals surface area contributed by atoms with Gasteiger partial charge in [0.1, 0.15) is 5.75 Å². The smallest absolute Gasteiger partial charge is 0.387 e. The molecule has 1 aliphatic heterocycles. The van der Waals surface area contributed by atoms with Crippen LogP contribution in [0.3, 0.4) is 0 Å². The molecule has 2 rings (SSSR count). The Kier molecular flexibility index (Phi) is 5.12. The molecule has 0 bridgehead atoms. The predicted octanol–water partition coefficient (Wildman–Crippen LogP) is 2.78. The van der Waals surface area contributed by atoms with E-state index in [1.807, 2.05) is 13.8 Å². The standard InChI is InChI=1S/C15H20F2N2O2/c1-10(2)18-13-4-3-9-19(14(13)20)11-5-7-12(8-6-11)21-15(16)17/h5-8,10,13,15,18H,3-4,9H2,1-2H3. The van der Waals surface area contributed by atoms with Crippen LogP contribution in [0.25, 0.3) is 0 Å². The van der Waals surface area contributed by atoms with E-state index >= 15 is 0 Å². The van der Waals surface area contributed by atoms with E-state index in [2.05, 4.69) is 10.1 Å². The van der Waals surface area contributed by atoms with E-state index in [-0.39, 0.29) is 23.7 Å². The summed E-state index contributed by atoms with van der Waals surface area (Å²) >= 11 is 0. The minimum absolute atomic E-state index is 0.0254. The highest BCUT2D eigenvalue weighted by molar-refractivity contribution is 5.98. The van der Waals surface area contributed by atoms with Crippen molar-refractivity contribution < 1.29 is 18.3 Å². The molecule has 1 saturated heterocycles. The van der Waals surface area contributed by atoms with Crippen molar-refractivity contribution in [1.29, 1.82) is 0 Å². The lowest BCUT2D eigenvalue weighted by Crippen LogP contribution is -2.52. The molecule has 1 atom stereocenters. The maximum Gasteiger partial charge on any atom is 0.387 e. The number of benzene rings is 1. The highest BCUT2D eigenvalue weighted by atomic mass is 19.3. The summed E-state index contributed by atoms with van der Waals surface area (Å²) in [7, 11) is 0. The van der Waals surface area contributed by atoms with Crippen molar-refractivity contribution >= 4 is 11.6 Å². The highest BCUT2D eigenvalue weighted by Crippen LogP contribution is 2.24. The summed E-state index contributed by atoms with van der Waals surface area (Å²) in [5.74, 6) is 0.118. The summed E-state index contributed by atoms with van der Waals surface area (Å²) in [4.78, 5) is 14.1. The second-order valence-corrected chi connectivity index (χ2v) is 5.38. The average Bonchev–Trinajstić information content (AvgIpc) is 2.41. The number of piperidine rings is 1. The second-order valence-electron chi connectivity index (χ2n) is 5.38. The molecule has 0 saturated carbocycles. The molecule has 0 spiro atoms. The number of nitrogens with one attached hydrogen (secondary N) is 1. The quantitative estimate of drug-likeness (QED) is 0.909. The van der Waals surface area contributed by atoms with Crippen LogP contribution < -0.4 is 15.0 Å². The first-order valence-electron chi connectivity index (χ1n) is 7.09. The van der Waals surface area contributed by atoms with Gasteiger partial charge in [-0.05, 0) is 37.1 Å². The van der Waals surface area contributed by atoms with Gasteiger partial charge in [0, 0.05) is 18.3 Å². The van der Waals surface area contributed by atoms with Gasteiger partial charge in [0.05, 0.1) is 6.04 Å². The van der Waals surface area contributed by atoms with Crippen LogP contribution in [0.4, 0.5) is 14.5 Å². The summed E-state index contributed by atoms with van der Waals surface area (Å²) in [6.45, 7) is 1.81. The van der Waals surface area contributed by atoms with E-state index in [4.69, 9.17) is 0 Å². The molecule has 1 fully saturated rings. The SMILES string of the molecule is CC(C)NC1CCCN(c2ccc(OC(F)F)cc2)C1=O. The fourth-order valence-electron chi connectivity index (χ4n) is 2.50. The summed E-state index contributed by atoms with van der Waals surface area (Å²) in [6, 6.07) is 6.22. The molecule has 1 N–H and O–H groups in total. The predicted molar refractivity (Wildman–Crippen MR) is 76.7 cm³/mol. The van der Waals surface area contributed by atoms with Gasteiger partial charge in [0.25, 0.3) is 0 Å². The molecule has 0 radical (unpaired) electrons. The van der Waals surface area contributed by atoms with E-state index in [0.717, 1.165) is 12.8 Å². The number of anilines is 1. The van der Waals surface area contributed by atoms with Crippen molar-refractivity contribution in [2.24, 2.45) is 0 Å². The highest BCUT2D eigenvalue weighted by Gasteiger charge is 2.29. The Balaban J connectivity index is 2.07. The molecule has 0 aliphatic carbocycles. The van der Waals surface area contributed by atoms with Crippen molar-refractivity contribution in [3.8, 4) is 5.75 Å². The number of amides is 1. The number of carbonyl (C=O) groups is 1. The molecular weight excluding hydrogens is 278 g/mol. The van der Waals surface area contributed by atoms with E-state index in [1.54, 1.807) is 17.0 Å². The fraction of sp³-hybridized carbons (Fsp3) is 0.533. The summed E-state index contributed by atoms with van der Waals surface area (Å²) in [5.41, 5.74) is 0.705. The van der Waals surface area contributed by atoms with Crippen molar-refractivity contribution in [3.63, 3.8) is 0 Å². The average molecular weight is 298 g/mol. The molecule has 4 nitrogen and oxygen atoms in total. The Morgan fingerprint density at radius 3 is 2.52 bits per heavy atom. The van der Waals surface area contributed by atoms with Gasteiger partial charge in [-0.1, -0.05) is 13.8 Å². The fourth-order valence-corrected chi connectivity index (χ4v) is 2.50. The maximum absolute atomic E-state index is 12.4. The first-order chi connectivity index (χ1) is 9.97. The molecule has 1 aliphatic rings. The number of alkyl halides is 2. The van der Waals surface area contributed by atoms with Crippen molar-refractivity contribution in [1.82, 2.24) is 5.32 Å². The first-order valence-corrected chi connectivity index (χ1v) is 7.09. The molecule has 21 heavy (non-hydrogen) atoms. The topological polar surface area (TPSA) is 41.6 Å². The van der Waals surface area contributed by atoms with Crippen molar-refractivity contribution in [2.75, 3.05) is 11.4 Å². The summed E-state index contributed by atoms with van der Waals surface area (Å²) in [6.07, 6.45) is 1.73. The Morgan fingerprint density at radius 2 is 1.95 bits per heavy atom. The van der Waals surface area contributed by atoms with Crippen LogP contribution in [0.15, 0.2) is 24.3 Å². The summed E-state index contributed by atoms with van der Waals surface area (Å²) < 4.78 is 28.5. The van der Waals surface area contributed by atoms with Crippen LogP contribution in [0.1, 0.15) is 26.7 Å². The van der Waals surface area contributed by atoms with Gasteiger partial charge in [0.15, 0.2) is 0 Å². The minimum atomic E-state index is -2.84. The van der Waals surface area contributed by atoms with Crippen LogP contribution in [-0.2, 0) is 4.79 Å². The van der Waals surface area contributed by atoms with Gasteiger partial charge in [0.2, 0.25) is 5.91 Å². The van der Waals surface area contributed by atoms with Gasteiger partial charge in [-0.2, -0.15) is 8.78 Å². The molecule has 116 valence electrons. The van der Waals surface area contributed by atoms with Crippen LogP contribution in [0.2, 0.25) is 0 Å². The zero-order valence-corrected chi connectivity index (χ0v) is 12.2. The Labute approximate surface area is 123 Å². The third-order valence-corrected chi connectivity index (χ3v) is 3.35. The number of nitrogens with zero attached hydrogens (tertiary/aromatic N) is 1. The Morgan fingerprint density at radius 1 is 1.29 bits per heavy atom. The first kappa shape index (κ1) is 15.7. The number of halogens is 2. The van der Waals surface area contributed by atoms with E-state index < -0.39 is 6.61 Å². The van der Waals surface area contributed by atoms with Crippen LogP contribution >= 0.6 is 0 Å². The number of ether oxygens (including phenoxy) is 1. The third-order valence-electron chi connectivity index (χ3n) is 3.35. The lowest BCUT2D eigenvalue weighted by Gasteiger charge is -2.33. The van der Waals surface area contributed by atoms with E-state index in [9.17, 15) is 13.6 Å². The van der Waals surface area contributed by atoms with Crippen LogP contribution in [0.5, 0.6) is 5.75 Å². The van der Waals surface area contributed by atoms with Gasteiger partial charge in [-0.25, -0.2) is 0 Å². The number of hydrogen-bond donors (Lipinski definition) is 1. The number of carbonyl (C=O) groups excluding carboxylic acids is 1. The molecule has 1 aromatic carbocycles. The molecule has 1 unspecified atom stereocenters. The maximum atomic E-state index is 12.4. The zero-order valence-electron chi connectivity index (χ0n) is 12.2. The van der Waals surface area contributed by atoms with Crippen LogP contribution in [-0.4, -0.2) is 31.1 Å². The van der Waals surface area contributed by atoms with Gasteiger partial charge < -0.3 is 15.0 Å². The molecule has 1 aromatic rings. The number of hydrogen-bond acceptors (Lipinski definition) is 3. The Bertz CT molecular complexity index is 477. The molecule has 0 aromatic heterocycles. The second kappa shape index (κ2) is 6.85. The molecule has 6 heteroatoms. The van der Waals surface area contributed by atoms with Crippen LogP contribution in [0, 0.1) is 0 Å². The molecule has 1 heterocycles. The molecular formula is C15H20F2N2O2. The van der Waals surface area contributed by atoms with Crippen molar-refractivity contribution in [2.45, 2.75) is 45.4 Å².